The van der Waals surface area contributed by atoms with Crippen LogP contribution >= 0.6 is 0 Å². The van der Waals surface area contributed by atoms with Crippen molar-refractivity contribution in [1.82, 2.24) is 0 Å². The van der Waals surface area contributed by atoms with Gasteiger partial charge in [-0.3, -0.25) is 0 Å². The summed E-state index contributed by atoms with van der Waals surface area (Å²) in [6.45, 7) is 9.41. The molecule has 0 bridgehead atoms. The highest BCUT2D eigenvalue weighted by Crippen LogP contribution is 2.58. The van der Waals surface area contributed by atoms with Crippen molar-refractivity contribution in [3.63, 3.8) is 0 Å². The topological polar surface area (TPSA) is 0 Å². The first-order valence-electron chi connectivity index (χ1n) is 4.38. The van der Waals surface area contributed by atoms with E-state index in [-0.39, 0.29) is 0 Å². The Morgan fingerprint density at radius 3 is 0.900 bits per heavy atom. The molecule has 2 rings (SSSR count). The van der Waals surface area contributed by atoms with Gasteiger partial charge in [0.05, 0.1) is 0 Å². The Labute approximate surface area is 63.3 Å². The Balaban J connectivity index is 2.21. The van der Waals surface area contributed by atoms with E-state index in [2.05, 4.69) is 27.7 Å². The van der Waals surface area contributed by atoms with Gasteiger partial charge in [0, 0.05) is 0 Å². The van der Waals surface area contributed by atoms with Gasteiger partial charge < -0.3 is 0 Å². The van der Waals surface area contributed by atoms with Crippen LogP contribution in [0.3, 0.4) is 0 Å². The van der Waals surface area contributed by atoms with Crippen LogP contribution in [-0.4, -0.2) is 0 Å². The summed E-state index contributed by atoms with van der Waals surface area (Å²) in [7, 11) is 0. The van der Waals surface area contributed by atoms with Gasteiger partial charge in [-0.15, -0.1) is 0 Å². The summed E-state index contributed by atoms with van der Waals surface area (Å²) in [4.78, 5) is 0. The van der Waals surface area contributed by atoms with Crippen LogP contribution in [0.5, 0.6) is 0 Å². The summed E-state index contributed by atoms with van der Waals surface area (Å²) in [5, 5.41) is 0. The van der Waals surface area contributed by atoms with E-state index in [1.165, 1.54) is 0 Å². The lowest BCUT2D eigenvalue weighted by Crippen LogP contribution is -1.58. The first-order valence-corrected chi connectivity index (χ1v) is 4.38. The minimum absolute atomic E-state index is 0.919. The van der Waals surface area contributed by atoms with Gasteiger partial charge in [0.15, 0.2) is 0 Å². The third kappa shape index (κ3) is 0.624. The standard InChI is InChI=1S/C10H16/c1-5-6(2)9(5)10-7(3)8(10)4/h5-8H,1-4H3. The Bertz CT molecular complexity index is 158. The molecule has 0 N–H and O–H groups in total. The second kappa shape index (κ2) is 1.66. The van der Waals surface area contributed by atoms with Crippen molar-refractivity contribution >= 4 is 0 Å². The van der Waals surface area contributed by atoms with E-state index >= 15 is 0 Å². The monoisotopic (exact) mass is 136 g/mol. The summed E-state index contributed by atoms with van der Waals surface area (Å²) in [6.07, 6.45) is 0. The lowest BCUT2D eigenvalue weighted by atomic mass is 10.3. The van der Waals surface area contributed by atoms with E-state index < -0.39 is 0 Å². The minimum Gasteiger partial charge on any atom is -0.0636 e. The Kier molecular flexibility index (Phi) is 1.07. The highest BCUT2D eigenvalue weighted by atomic mass is 14.5. The molecule has 0 aromatic heterocycles. The summed E-state index contributed by atoms with van der Waals surface area (Å²) < 4.78 is 0. The number of allylic oxidation sites excluding steroid dienone is 2. The molecule has 0 aromatic carbocycles. The highest BCUT2D eigenvalue weighted by molar-refractivity contribution is 5.43. The molecule has 0 aromatic rings. The van der Waals surface area contributed by atoms with E-state index in [0.29, 0.717) is 0 Å². The average molecular weight is 136 g/mol. The first-order chi connectivity index (χ1) is 4.64. The zero-order chi connectivity index (χ0) is 7.46. The van der Waals surface area contributed by atoms with E-state index in [1.54, 1.807) is 11.1 Å². The van der Waals surface area contributed by atoms with Gasteiger partial charge in [-0.05, 0) is 23.7 Å². The fourth-order valence-electron chi connectivity index (χ4n) is 2.19. The number of hydrogen-bond donors (Lipinski definition) is 0. The zero-order valence-electron chi connectivity index (χ0n) is 7.31. The molecule has 0 spiro atoms. The molecule has 0 radical (unpaired) electrons. The van der Waals surface area contributed by atoms with Crippen LogP contribution in [0.2, 0.25) is 0 Å². The molecule has 4 unspecified atom stereocenters. The predicted octanol–water partition coefficient (Wildman–Crippen LogP) is 2.85. The quantitative estimate of drug-likeness (QED) is 0.449. The van der Waals surface area contributed by atoms with Crippen molar-refractivity contribution in [2.75, 3.05) is 0 Å². The molecule has 0 heteroatoms. The van der Waals surface area contributed by atoms with Crippen LogP contribution in [0.1, 0.15) is 27.7 Å². The fourth-order valence-corrected chi connectivity index (χ4v) is 2.19. The van der Waals surface area contributed by atoms with Crippen molar-refractivity contribution < 1.29 is 0 Å². The maximum absolute atomic E-state index is 2.35. The third-order valence-electron chi connectivity index (χ3n) is 3.58. The van der Waals surface area contributed by atoms with Gasteiger partial charge in [0.2, 0.25) is 0 Å². The molecule has 0 aliphatic heterocycles. The summed E-state index contributed by atoms with van der Waals surface area (Å²) >= 11 is 0. The molecule has 2 saturated carbocycles. The predicted molar refractivity (Wildman–Crippen MR) is 43.7 cm³/mol. The maximum Gasteiger partial charge on any atom is -0.0163 e. The van der Waals surface area contributed by atoms with Gasteiger partial charge in [0.25, 0.3) is 0 Å². The lowest BCUT2D eigenvalue weighted by molar-refractivity contribution is 0.834. The van der Waals surface area contributed by atoms with Crippen molar-refractivity contribution in [1.29, 1.82) is 0 Å². The average Bonchev–Trinajstić information content (AvgIpc) is 2.62. The van der Waals surface area contributed by atoms with Crippen molar-refractivity contribution in [2.45, 2.75) is 27.7 Å². The first kappa shape index (κ1) is 6.45. The molecule has 4 atom stereocenters. The van der Waals surface area contributed by atoms with E-state index in [1.807, 2.05) is 0 Å². The summed E-state index contributed by atoms with van der Waals surface area (Å²) in [5.41, 5.74) is 3.58. The van der Waals surface area contributed by atoms with Crippen molar-refractivity contribution in [2.24, 2.45) is 23.7 Å². The number of rotatable bonds is 0. The van der Waals surface area contributed by atoms with Crippen molar-refractivity contribution in [3.8, 4) is 0 Å². The van der Waals surface area contributed by atoms with Crippen LogP contribution in [0.25, 0.3) is 0 Å². The summed E-state index contributed by atoms with van der Waals surface area (Å²) in [6, 6.07) is 0. The molecule has 0 saturated heterocycles. The summed E-state index contributed by atoms with van der Waals surface area (Å²) in [5.74, 6) is 3.68. The van der Waals surface area contributed by atoms with Crippen LogP contribution in [0, 0.1) is 23.7 Å². The lowest BCUT2D eigenvalue weighted by Gasteiger charge is -1.72. The molecule has 10 heavy (non-hydrogen) atoms. The second-order valence-corrected chi connectivity index (χ2v) is 4.07. The third-order valence-corrected chi connectivity index (χ3v) is 3.58. The van der Waals surface area contributed by atoms with Crippen LogP contribution in [0.4, 0.5) is 0 Å². The number of hydrogen-bond acceptors (Lipinski definition) is 0. The van der Waals surface area contributed by atoms with Gasteiger partial charge in [0.1, 0.15) is 0 Å². The SMILES string of the molecule is CC1C(=C2C(C)C2C)C1C. The normalized spacial score (nSPS) is 51.6. The molecule has 0 amide bonds. The van der Waals surface area contributed by atoms with Gasteiger partial charge in [-0.25, -0.2) is 0 Å². The maximum atomic E-state index is 2.35. The molecule has 2 aliphatic rings. The van der Waals surface area contributed by atoms with Crippen LogP contribution in [-0.2, 0) is 0 Å². The Hall–Kier alpha value is -0.260. The minimum atomic E-state index is 0.919. The molecule has 2 fully saturated rings. The van der Waals surface area contributed by atoms with Gasteiger partial charge >= 0.3 is 0 Å². The van der Waals surface area contributed by atoms with E-state index in [4.69, 9.17) is 0 Å². The zero-order valence-corrected chi connectivity index (χ0v) is 7.31. The smallest absolute Gasteiger partial charge is 0.0163 e. The van der Waals surface area contributed by atoms with Crippen LogP contribution < -0.4 is 0 Å². The molecule has 56 valence electrons. The molecule has 0 nitrogen and oxygen atoms in total. The van der Waals surface area contributed by atoms with Gasteiger partial charge in [-0.2, -0.15) is 0 Å². The van der Waals surface area contributed by atoms with Crippen LogP contribution in [0.15, 0.2) is 11.1 Å². The molecular formula is C10H16. The second-order valence-electron chi connectivity index (χ2n) is 4.07. The highest BCUT2D eigenvalue weighted by Gasteiger charge is 2.48. The molecular weight excluding hydrogens is 120 g/mol. The van der Waals surface area contributed by atoms with Gasteiger partial charge in [-0.1, -0.05) is 38.8 Å². The largest absolute Gasteiger partial charge is 0.0636 e. The Morgan fingerprint density at radius 2 is 0.800 bits per heavy atom. The van der Waals surface area contributed by atoms with E-state index in [9.17, 15) is 0 Å². The molecule has 2 aliphatic carbocycles. The molecule has 0 heterocycles. The Morgan fingerprint density at radius 1 is 0.600 bits per heavy atom. The van der Waals surface area contributed by atoms with Crippen molar-refractivity contribution in [3.05, 3.63) is 11.1 Å². The fraction of sp³-hybridized carbons (Fsp3) is 0.800. The van der Waals surface area contributed by atoms with E-state index in [0.717, 1.165) is 23.7 Å².